The quantitative estimate of drug-likeness (QED) is 0.836. The van der Waals surface area contributed by atoms with Gasteiger partial charge in [0.1, 0.15) is 16.5 Å². The Balaban J connectivity index is 2.38. The molecule has 0 spiro atoms. The second kappa shape index (κ2) is 4.30. The molecule has 1 aliphatic rings. The number of hydrogen-bond acceptors (Lipinski definition) is 1. The lowest BCUT2D eigenvalue weighted by Gasteiger charge is -2.43. The van der Waals surface area contributed by atoms with Gasteiger partial charge in [-0.2, -0.15) is 0 Å². The summed E-state index contributed by atoms with van der Waals surface area (Å²) in [5.41, 5.74) is 0. The fourth-order valence-electron chi connectivity index (χ4n) is 3.84. The summed E-state index contributed by atoms with van der Waals surface area (Å²) in [4.78, 5) is 0. The van der Waals surface area contributed by atoms with Gasteiger partial charge >= 0.3 is 0 Å². The summed E-state index contributed by atoms with van der Waals surface area (Å²) >= 11 is 0. The first-order chi connectivity index (χ1) is 8.98. The molecule has 1 unspecified atom stereocenters. The Morgan fingerprint density at radius 2 is 1.58 bits per heavy atom. The molecule has 0 fully saturated rings. The Hall–Kier alpha value is -0.906. The molecule has 1 aliphatic heterocycles. The first-order valence-electron chi connectivity index (χ1n) is 7.30. The molecule has 1 atom stereocenters. The molecular weight excluding hydrogens is 262 g/mol. The smallest absolute Gasteiger partial charge is 0.149 e. The molecule has 1 heterocycles. The van der Waals surface area contributed by atoms with E-state index >= 15 is 0 Å². The van der Waals surface area contributed by atoms with Crippen molar-refractivity contribution in [3.05, 3.63) is 36.4 Å². The molecule has 2 aromatic rings. The van der Waals surface area contributed by atoms with Crippen molar-refractivity contribution in [1.82, 2.24) is 4.65 Å². The molecule has 0 amide bonds. The molecule has 2 aromatic carbocycles. The van der Waals surface area contributed by atoms with Crippen LogP contribution in [0.15, 0.2) is 36.4 Å². The largest absolute Gasteiger partial charge is 0.352 e. The van der Waals surface area contributed by atoms with Gasteiger partial charge < -0.3 is 4.65 Å². The Labute approximate surface area is 118 Å². The molecule has 0 aromatic heterocycles. The number of nitrogens with one attached hydrogen (secondary N) is 1. The van der Waals surface area contributed by atoms with Crippen LogP contribution in [0.1, 0.15) is 13.3 Å². The van der Waals surface area contributed by atoms with Crippen LogP contribution in [0.25, 0.3) is 10.8 Å². The van der Waals surface area contributed by atoms with Gasteiger partial charge in [0, 0.05) is 0 Å². The summed E-state index contributed by atoms with van der Waals surface area (Å²) in [5.74, 6) is 0. The van der Waals surface area contributed by atoms with Gasteiger partial charge in [0.2, 0.25) is 0 Å². The molecule has 1 nitrogen and oxygen atoms in total. The average Bonchev–Trinajstić information content (AvgIpc) is 2.35. The fourth-order valence-corrected chi connectivity index (χ4v) is 15.0. The van der Waals surface area contributed by atoms with Crippen LogP contribution in [0, 0.1) is 0 Å². The van der Waals surface area contributed by atoms with Crippen LogP contribution in [0.2, 0.25) is 25.7 Å². The average molecular weight is 286 g/mol. The summed E-state index contributed by atoms with van der Waals surface area (Å²) in [6, 6.07) is 15.1. The first-order valence-corrected chi connectivity index (χ1v) is 13.0. The minimum absolute atomic E-state index is 1.28. The van der Waals surface area contributed by atoms with E-state index in [1.54, 1.807) is 15.8 Å². The Morgan fingerprint density at radius 1 is 0.947 bits per heavy atom. The third-order valence-corrected chi connectivity index (χ3v) is 14.1. The van der Waals surface area contributed by atoms with Crippen LogP contribution >= 0.6 is 0 Å². The van der Waals surface area contributed by atoms with Crippen molar-refractivity contribution in [2.75, 3.05) is 0 Å². The van der Waals surface area contributed by atoms with Crippen LogP contribution < -0.4 is 15.0 Å². The minimum Gasteiger partial charge on any atom is -0.352 e. The molecule has 0 saturated carbocycles. The first kappa shape index (κ1) is 13.1. The van der Waals surface area contributed by atoms with Gasteiger partial charge in [-0.15, -0.1) is 0 Å². The Bertz CT molecular complexity index is 630. The molecule has 0 aliphatic carbocycles. The lowest BCUT2D eigenvalue weighted by molar-refractivity contribution is 1.03. The zero-order chi connectivity index (χ0) is 13.7. The molecule has 1 N–H and O–H groups in total. The van der Waals surface area contributed by atoms with Gasteiger partial charge in [0.15, 0.2) is 0 Å². The zero-order valence-electron chi connectivity index (χ0n) is 12.4. The highest BCUT2D eigenvalue weighted by molar-refractivity contribution is 7.07. The van der Waals surface area contributed by atoms with Crippen LogP contribution in [0.3, 0.4) is 0 Å². The SMILES string of the molecule is CCC[Si]1(C)N[Si](C)(C)c2cccc3cccc1c23. The second-order valence-electron chi connectivity index (χ2n) is 6.54. The lowest BCUT2D eigenvalue weighted by Crippen LogP contribution is -2.75. The van der Waals surface area contributed by atoms with Crippen molar-refractivity contribution < 1.29 is 0 Å². The second-order valence-corrected chi connectivity index (χ2v) is 15.0. The molecular formula is C16H23NSi2. The number of rotatable bonds is 2. The van der Waals surface area contributed by atoms with Gasteiger partial charge in [0.25, 0.3) is 0 Å². The van der Waals surface area contributed by atoms with E-state index < -0.39 is 16.5 Å². The van der Waals surface area contributed by atoms with Crippen molar-refractivity contribution in [3.8, 4) is 0 Å². The van der Waals surface area contributed by atoms with Gasteiger partial charge in [-0.05, 0) is 27.2 Å². The van der Waals surface area contributed by atoms with Crippen molar-refractivity contribution in [3.63, 3.8) is 0 Å². The van der Waals surface area contributed by atoms with E-state index in [-0.39, 0.29) is 0 Å². The van der Waals surface area contributed by atoms with E-state index in [2.05, 4.69) is 67.6 Å². The predicted molar refractivity (Wildman–Crippen MR) is 90.5 cm³/mol. The monoisotopic (exact) mass is 285 g/mol. The molecule has 19 heavy (non-hydrogen) atoms. The Kier molecular flexibility index (Phi) is 2.96. The normalized spacial score (nSPS) is 24.6. The number of benzene rings is 2. The summed E-state index contributed by atoms with van der Waals surface area (Å²) in [5, 5.41) is 6.26. The zero-order valence-corrected chi connectivity index (χ0v) is 14.4. The van der Waals surface area contributed by atoms with Crippen molar-refractivity contribution >= 4 is 37.6 Å². The van der Waals surface area contributed by atoms with E-state index in [0.29, 0.717) is 0 Å². The number of hydrogen-bond donors (Lipinski definition) is 1. The molecule has 100 valence electrons. The highest BCUT2D eigenvalue weighted by Gasteiger charge is 2.42. The molecule has 0 radical (unpaired) electrons. The topological polar surface area (TPSA) is 12.0 Å². The highest BCUT2D eigenvalue weighted by atomic mass is 28.4. The van der Waals surface area contributed by atoms with Gasteiger partial charge in [-0.3, -0.25) is 0 Å². The predicted octanol–water partition coefficient (Wildman–Crippen LogP) is 3.05. The van der Waals surface area contributed by atoms with Crippen LogP contribution in [-0.4, -0.2) is 16.5 Å². The molecule has 0 saturated heterocycles. The summed E-state index contributed by atoms with van der Waals surface area (Å²) in [6.07, 6.45) is 1.28. The maximum atomic E-state index is 4.16. The maximum Gasteiger partial charge on any atom is 0.149 e. The van der Waals surface area contributed by atoms with E-state index in [9.17, 15) is 0 Å². The fraction of sp³-hybridized carbons (Fsp3) is 0.375. The van der Waals surface area contributed by atoms with E-state index in [0.717, 1.165) is 0 Å². The summed E-state index contributed by atoms with van der Waals surface area (Å²) in [7, 11) is -3.01. The maximum absolute atomic E-state index is 4.16. The van der Waals surface area contributed by atoms with Crippen molar-refractivity contribution in [2.24, 2.45) is 0 Å². The van der Waals surface area contributed by atoms with E-state index in [4.69, 9.17) is 0 Å². The van der Waals surface area contributed by atoms with Gasteiger partial charge in [0.05, 0.1) is 0 Å². The van der Waals surface area contributed by atoms with E-state index in [1.807, 2.05) is 0 Å². The van der Waals surface area contributed by atoms with Crippen LogP contribution in [0.5, 0.6) is 0 Å². The Morgan fingerprint density at radius 3 is 2.21 bits per heavy atom. The van der Waals surface area contributed by atoms with Crippen LogP contribution in [-0.2, 0) is 0 Å². The molecule has 3 heteroatoms. The van der Waals surface area contributed by atoms with Crippen molar-refractivity contribution in [1.29, 1.82) is 0 Å². The summed E-state index contributed by atoms with van der Waals surface area (Å²) < 4.78 is 4.16. The third-order valence-electron chi connectivity index (χ3n) is 4.51. The van der Waals surface area contributed by atoms with Gasteiger partial charge in [-0.25, -0.2) is 0 Å². The van der Waals surface area contributed by atoms with Crippen molar-refractivity contribution in [2.45, 2.75) is 39.0 Å². The van der Waals surface area contributed by atoms with Crippen LogP contribution in [0.4, 0.5) is 0 Å². The third kappa shape index (κ3) is 1.92. The highest BCUT2D eigenvalue weighted by Crippen LogP contribution is 2.24. The summed E-state index contributed by atoms with van der Waals surface area (Å²) in [6.45, 7) is 9.78. The standard InChI is InChI=1S/C16H23NSi2/c1-5-12-19(4)15-11-7-9-13-8-6-10-14(16(13)15)18(2,3)17-19/h6-11,17H,5,12H2,1-4H3. The minimum atomic E-state index is -1.51. The lowest BCUT2D eigenvalue weighted by atomic mass is 10.1. The van der Waals surface area contributed by atoms with E-state index in [1.165, 1.54) is 17.9 Å². The molecule has 3 rings (SSSR count). The molecule has 0 bridgehead atoms. The van der Waals surface area contributed by atoms with Gasteiger partial charge in [-0.1, -0.05) is 69.4 Å².